The van der Waals surface area contributed by atoms with E-state index in [0.29, 0.717) is 6.04 Å². The summed E-state index contributed by atoms with van der Waals surface area (Å²) in [5, 5.41) is 3.85. The molecule has 0 amide bonds. The topological polar surface area (TPSA) is 12.0 Å². The molecule has 1 heterocycles. The van der Waals surface area contributed by atoms with E-state index in [9.17, 15) is 0 Å². The molecular weight excluding hydrogens is 278 g/mol. The fraction of sp³-hybridized carbons (Fsp3) is 0.455. The summed E-state index contributed by atoms with van der Waals surface area (Å²) >= 11 is 0. The predicted octanol–water partition coefficient (Wildman–Crippen LogP) is 5.78. The Morgan fingerprint density at radius 3 is 2.39 bits per heavy atom. The second-order valence-corrected chi connectivity index (χ2v) is 7.29. The standard InChI is InChI=1S/C22H27N/c1-3-9-17(10-4-1)15-16-21-22(18-11-5-2-6-12-18)19-13-7-8-14-20(19)23-21/h1,3-4,7-10,13-14,18,21-23H,2,5-6,11-12,15-16H2/t21-,22-/m1/s1. The highest BCUT2D eigenvalue weighted by Crippen LogP contribution is 2.46. The highest BCUT2D eigenvalue weighted by Gasteiger charge is 2.37. The van der Waals surface area contributed by atoms with Crippen molar-refractivity contribution in [2.75, 3.05) is 5.32 Å². The summed E-state index contributed by atoms with van der Waals surface area (Å²) in [6.07, 6.45) is 9.54. The van der Waals surface area contributed by atoms with E-state index in [4.69, 9.17) is 0 Å². The Kier molecular flexibility index (Phi) is 4.37. The molecule has 1 N–H and O–H groups in total. The van der Waals surface area contributed by atoms with E-state index >= 15 is 0 Å². The molecule has 2 aliphatic rings. The zero-order chi connectivity index (χ0) is 15.5. The van der Waals surface area contributed by atoms with Gasteiger partial charge < -0.3 is 5.32 Å². The summed E-state index contributed by atoms with van der Waals surface area (Å²) in [6, 6.07) is 20.6. The zero-order valence-electron chi connectivity index (χ0n) is 13.9. The molecule has 2 aromatic rings. The fourth-order valence-corrected chi connectivity index (χ4v) is 4.72. The van der Waals surface area contributed by atoms with Gasteiger partial charge in [-0.15, -0.1) is 0 Å². The first-order chi connectivity index (χ1) is 11.4. The first-order valence-corrected chi connectivity index (χ1v) is 9.31. The second kappa shape index (κ2) is 6.78. The Labute approximate surface area is 140 Å². The van der Waals surface area contributed by atoms with Crippen molar-refractivity contribution in [2.24, 2.45) is 5.92 Å². The van der Waals surface area contributed by atoms with Gasteiger partial charge in [0.2, 0.25) is 0 Å². The number of hydrogen-bond acceptors (Lipinski definition) is 1. The SMILES string of the molecule is c1ccc(CC[C@H]2Nc3ccccc3[C@H]2C2CCCCC2)cc1. The van der Waals surface area contributed by atoms with E-state index < -0.39 is 0 Å². The first-order valence-electron chi connectivity index (χ1n) is 9.31. The molecule has 120 valence electrons. The van der Waals surface area contributed by atoms with Crippen LogP contribution in [0.15, 0.2) is 54.6 Å². The van der Waals surface area contributed by atoms with Gasteiger partial charge in [0.1, 0.15) is 0 Å². The smallest absolute Gasteiger partial charge is 0.0378 e. The lowest BCUT2D eigenvalue weighted by Crippen LogP contribution is -2.28. The van der Waals surface area contributed by atoms with E-state index in [0.717, 1.165) is 11.8 Å². The third-order valence-corrected chi connectivity index (χ3v) is 5.84. The Morgan fingerprint density at radius 2 is 1.57 bits per heavy atom. The lowest BCUT2D eigenvalue weighted by Gasteiger charge is -2.32. The third-order valence-electron chi connectivity index (χ3n) is 5.84. The summed E-state index contributed by atoms with van der Waals surface area (Å²) in [7, 11) is 0. The number of hydrogen-bond donors (Lipinski definition) is 1. The minimum absolute atomic E-state index is 0.607. The minimum Gasteiger partial charge on any atom is -0.381 e. The lowest BCUT2D eigenvalue weighted by atomic mass is 9.74. The van der Waals surface area contributed by atoms with Gasteiger partial charge >= 0.3 is 0 Å². The van der Waals surface area contributed by atoms with Crippen molar-refractivity contribution in [3.8, 4) is 0 Å². The van der Waals surface area contributed by atoms with E-state index in [1.807, 2.05) is 0 Å². The molecule has 0 aromatic heterocycles. The van der Waals surface area contributed by atoms with Gasteiger partial charge in [0.25, 0.3) is 0 Å². The average molecular weight is 305 g/mol. The predicted molar refractivity (Wildman–Crippen MR) is 97.9 cm³/mol. The van der Waals surface area contributed by atoms with Crippen LogP contribution in [-0.4, -0.2) is 6.04 Å². The van der Waals surface area contributed by atoms with Gasteiger partial charge in [0.15, 0.2) is 0 Å². The molecule has 0 bridgehead atoms. The van der Waals surface area contributed by atoms with Crippen molar-refractivity contribution in [1.82, 2.24) is 0 Å². The summed E-state index contributed by atoms with van der Waals surface area (Å²) in [6.45, 7) is 0. The van der Waals surface area contributed by atoms with Crippen LogP contribution in [0.3, 0.4) is 0 Å². The molecule has 0 unspecified atom stereocenters. The Morgan fingerprint density at radius 1 is 0.826 bits per heavy atom. The number of benzene rings is 2. The van der Waals surface area contributed by atoms with E-state index in [-0.39, 0.29) is 0 Å². The monoisotopic (exact) mass is 305 g/mol. The average Bonchev–Trinajstić information content (AvgIpc) is 3.00. The number of aryl methyl sites for hydroxylation is 1. The molecule has 0 saturated heterocycles. The number of nitrogens with one attached hydrogen (secondary N) is 1. The molecule has 1 fully saturated rings. The molecule has 1 aliphatic heterocycles. The molecule has 23 heavy (non-hydrogen) atoms. The van der Waals surface area contributed by atoms with Crippen LogP contribution in [0, 0.1) is 5.92 Å². The highest BCUT2D eigenvalue weighted by molar-refractivity contribution is 5.59. The van der Waals surface area contributed by atoms with E-state index in [1.165, 1.54) is 56.2 Å². The van der Waals surface area contributed by atoms with Crippen LogP contribution in [0.4, 0.5) is 5.69 Å². The molecule has 2 atom stereocenters. The maximum atomic E-state index is 3.85. The summed E-state index contributed by atoms with van der Waals surface area (Å²) < 4.78 is 0. The Bertz CT molecular complexity index is 627. The van der Waals surface area contributed by atoms with Crippen LogP contribution >= 0.6 is 0 Å². The number of para-hydroxylation sites is 1. The van der Waals surface area contributed by atoms with Crippen molar-refractivity contribution in [3.63, 3.8) is 0 Å². The summed E-state index contributed by atoms with van der Waals surface area (Å²) in [5.74, 6) is 1.59. The zero-order valence-corrected chi connectivity index (χ0v) is 13.9. The molecular formula is C22H27N. The number of fused-ring (bicyclic) bond motifs is 1. The largest absolute Gasteiger partial charge is 0.381 e. The maximum Gasteiger partial charge on any atom is 0.0378 e. The van der Waals surface area contributed by atoms with E-state index in [2.05, 4.69) is 59.9 Å². The van der Waals surface area contributed by atoms with Gasteiger partial charge in [-0.2, -0.15) is 0 Å². The second-order valence-electron chi connectivity index (χ2n) is 7.29. The lowest BCUT2D eigenvalue weighted by molar-refractivity contribution is 0.286. The van der Waals surface area contributed by atoms with Crippen molar-refractivity contribution in [3.05, 3.63) is 65.7 Å². The summed E-state index contributed by atoms with van der Waals surface area (Å²) in [5.41, 5.74) is 4.44. The first kappa shape index (κ1) is 14.8. The van der Waals surface area contributed by atoms with E-state index in [1.54, 1.807) is 5.56 Å². The molecule has 0 radical (unpaired) electrons. The molecule has 4 rings (SSSR count). The molecule has 2 aromatic carbocycles. The van der Waals surface area contributed by atoms with Gasteiger partial charge in [-0.1, -0.05) is 67.8 Å². The van der Waals surface area contributed by atoms with Crippen LogP contribution < -0.4 is 5.32 Å². The molecule has 0 spiro atoms. The molecule has 1 nitrogen and oxygen atoms in total. The minimum atomic E-state index is 0.607. The van der Waals surface area contributed by atoms with Crippen LogP contribution in [0.1, 0.15) is 55.6 Å². The van der Waals surface area contributed by atoms with Crippen LogP contribution in [0.5, 0.6) is 0 Å². The quantitative estimate of drug-likeness (QED) is 0.755. The summed E-state index contributed by atoms with van der Waals surface area (Å²) in [4.78, 5) is 0. The molecule has 1 aliphatic carbocycles. The van der Waals surface area contributed by atoms with Crippen molar-refractivity contribution < 1.29 is 0 Å². The van der Waals surface area contributed by atoms with Crippen molar-refractivity contribution in [1.29, 1.82) is 0 Å². The van der Waals surface area contributed by atoms with Crippen molar-refractivity contribution in [2.45, 2.75) is 56.9 Å². The normalized spacial score (nSPS) is 24.2. The Hall–Kier alpha value is -1.76. The number of anilines is 1. The van der Waals surface area contributed by atoms with Gasteiger partial charge in [0, 0.05) is 17.6 Å². The van der Waals surface area contributed by atoms with Crippen molar-refractivity contribution >= 4 is 5.69 Å². The Balaban J connectivity index is 1.53. The fourth-order valence-electron chi connectivity index (χ4n) is 4.72. The third kappa shape index (κ3) is 3.15. The van der Waals surface area contributed by atoms with Crippen LogP contribution in [0.2, 0.25) is 0 Å². The maximum absolute atomic E-state index is 3.85. The highest BCUT2D eigenvalue weighted by atomic mass is 15.0. The van der Waals surface area contributed by atoms with Gasteiger partial charge in [-0.3, -0.25) is 0 Å². The molecule has 1 saturated carbocycles. The van der Waals surface area contributed by atoms with Gasteiger partial charge in [-0.25, -0.2) is 0 Å². The van der Waals surface area contributed by atoms with Crippen LogP contribution in [0.25, 0.3) is 0 Å². The van der Waals surface area contributed by atoms with Gasteiger partial charge in [-0.05, 0) is 48.8 Å². The number of rotatable bonds is 4. The molecule has 1 heteroatoms. The van der Waals surface area contributed by atoms with Gasteiger partial charge in [0.05, 0.1) is 0 Å². The van der Waals surface area contributed by atoms with Crippen LogP contribution in [-0.2, 0) is 6.42 Å².